The van der Waals surface area contributed by atoms with Gasteiger partial charge >= 0.3 is 0 Å². The summed E-state index contributed by atoms with van der Waals surface area (Å²) in [6, 6.07) is 0. The van der Waals surface area contributed by atoms with Crippen LogP contribution in [0.1, 0.15) is 27.2 Å². The Morgan fingerprint density at radius 2 is 1.92 bits per heavy atom. The van der Waals surface area contributed by atoms with Crippen LogP contribution in [0.5, 0.6) is 0 Å². The van der Waals surface area contributed by atoms with Gasteiger partial charge in [-0.25, -0.2) is 13.1 Å². The zero-order chi connectivity index (χ0) is 9.83. The Kier molecular flexibility index (Phi) is 4.51. The van der Waals surface area contributed by atoms with Crippen LogP contribution in [0.3, 0.4) is 0 Å². The Labute approximate surface area is 79.5 Å². The average Bonchev–Trinajstić information content (AvgIpc) is 1.85. The first-order valence-electron chi connectivity index (χ1n) is 3.90. The van der Waals surface area contributed by atoms with Gasteiger partial charge in [0, 0.05) is 11.4 Å². The molecule has 0 aromatic heterocycles. The third-order valence-corrected chi connectivity index (χ3v) is 3.72. The Bertz CT molecular complexity index is 224. The highest BCUT2D eigenvalue weighted by molar-refractivity contribution is 7.89. The van der Waals surface area contributed by atoms with Gasteiger partial charge in [0.2, 0.25) is 10.0 Å². The number of rotatable bonds is 5. The summed E-state index contributed by atoms with van der Waals surface area (Å²) in [6.07, 6.45) is 0.619. The first-order chi connectivity index (χ1) is 5.33. The van der Waals surface area contributed by atoms with Crippen molar-refractivity contribution in [1.82, 2.24) is 4.72 Å². The van der Waals surface area contributed by atoms with Crippen LogP contribution in [0.4, 0.5) is 0 Å². The second kappa shape index (κ2) is 4.44. The number of hydrogen-bond donors (Lipinski definition) is 1. The van der Waals surface area contributed by atoms with Gasteiger partial charge in [0.05, 0.1) is 5.75 Å². The SMILES string of the molecule is CCCS(=O)(=O)NC(C)(C)CCl. The van der Waals surface area contributed by atoms with Gasteiger partial charge in [-0.1, -0.05) is 6.92 Å². The second-order valence-electron chi connectivity index (χ2n) is 3.44. The quantitative estimate of drug-likeness (QED) is 0.701. The van der Waals surface area contributed by atoms with Crippen molar-refractivity contribution in [3.63, 3.8) is 0 Å². The molecule has 0 saturated heterocycles. The van der Waals surface area contributed by atoms with Crippen LogP contribution < -0.4 is 4.72 Å². The molecule has 74 valence electrons. The summed E-state index contributed by atoms with van der Waals surface area (Å²) >= 11 is 5.57. The second-order valence-corrected chi connectivity index (χ2v) is 5.55. The molecule has 0 bridgehead atoms. The fraction of sp³-hybridized carbons (Fsp3) is 1.00. The van der Waals surface area contributed by atoms with Crippen molar-refractivity contribution < 1.29 is 8.42 Å². The minimum atomic E-state index is -3.14. The maximum atomic E-state index is 11.2. The summed E-state index contributed by atoms with van der Waals surface area (Å²) in [5.74, 6) is 0.434. The van der Waals surface area contributed by atoms with Crippen LogP contribution in [0.15, 0.2) is 0 Å². The molecule has 5 heteroatoms. The summed E-state index contributed by atoms with van der Waals surface area (Å²) in [4.78, 5) is 0. The van der Waals surface area contributed by atoms with Gasteiger partial charge in [0.25, 0.3) is 0 Å². The molecule has 0 amide bonds. The molecule has 0 unspecified atom stereocenters. The Morgan fingerprint density at radius 3 is 2.25 bits per heavy atom. The number of sulfonamides is 1. The highest BCUT2D eigenvalue weighted by Crippen LogP contribution is 2.07. The predicted molar refractivity (Wildman–Crippen MR) is 52.0 cm³/mol. The molecule has 0 fully saturated rings. The molecule has 0 aliphatic carbocycles. The van der Waals surface area contributed by atoms with E-state index in [-0.39, 0.29) is 11.6 Å². The molecule has 0 spiro atoms. The summed E-state index contributed by atoms with van der Waals surface area (Å²) < 4.78 is 25.0. The van der Waals surface area contributed by atoms with Crippen LogP contribution in [0, 0.1) is 0 Å². The maximum absolute atomic E-state index is 11.2. The van der Waals surface area contributed by atoms with E-state index in [0.29, 0.717) is 6.42 Å². The lowest BCUT2D eigenvalue weighted by Gasteiger charge is -2.22. The molecule has 3 nitrogen and oxygen atoms in total. The Hall–Kier alpha value is 0.200. The van der Waals surface area contributed by atoms with Crippen LogP contribution in [-0.4, -0.2) is 25.6 Å². The summed E-state index contributed by atoms with van der Waals surface area (Å²) in [5, 5.41) is 0. The van der Waals surface area contributed by atoms with E-state index in [1.807, 2.05) is 6.92 Å². The van der Waals surface area contributed by atoms with Gasteiger partial charge in [0.1, 0.15) is 0 Å². The third-order valence-electron chi connectivity index (χ3n) is 1.24. The summed E-state index contributed by atoms with van der Waals surface area (Å²) in [7, 11) is -3.14. The van der Waals surface area contributed by atoms with E-state index in [2.05, 4.69) is 4.72 Å². The topological polar surface area (TPSA) is 46.2 Å². The molecule has 0 heterocycles. The molecular weight excluding hydrogens is 198 g/mol. The lowest BCUT2D eigenvalue weighted by Crippen LogP contribution is -2.45. The molecular formula is C7H16ClNO2S. The van der Waals surface area contributed by atoms with Gasteiger partial charge in [-0.05, 0) is 20.3 Å². The third kappa shape index (κ3) is 4.95. The molecule has 0 rings (SSSR count). The first kappa shape index (κ1) is 12.2. The van der Waals surface area contributed by atoms with Crippen molar-refractivity contribution in [3.8, 4) is 0 Å². The molecule has 12 heavy (non-hydrogen) atoms. The summed E-state index contributed by atoms with van der Waals surface area (Å²) in [6.45, 7) is 5.34. The van der Waals surface area contributed by atoms with E-state index in [0.717, 1.165) is 0 Å². The van der Waals surface area contributed by atoms with Crippen LogP contribution in [-0.2, 0) is 10.0 Å². The van der Waals surface area contributed by atoms with Crippen LogP contribution in [0.2, 0.25) is 0 Å². The van der Waals surface area contributed by atoms with E-state index in [4.69, 9.17) is 11.6 Å². The highest BCUT2D eigenvalue weighted by atomic mass is 35.5. The smallest absolute Gasteiger partial charge is 0.212 e. The van der Waals surface area contributed by atoms with Crippen LogP contribution >= 0.6 is 11.6 Å². The zero-order valence-electron chi connectivity index (χ0n) is 7.72. The minimum Gasteiger partial charge on any atom is -0.212 e. The number of alkyl halides is 1. The molecule has 1 N–H and O–H groups in total. The highest BCUT2D eigenvalue weighted by Gasteiger charge is 2.22. The Balaban J connectivity index is 4.25. The van der Waals surface area contributed by atoms with E-state index in [9.17, 15) is 8.42 Å². The molecule has 0 saturated carbocycles. The molecule has 0 atom stereocenters. The molecule has 0 aliphatic rings. The maximum Gasteiger partial charge on any atom is 0.212 e. The van der Waals surface area contributed by atoms with Gasteiger partial charge in [0.15, 0.2) is 0 Å². The predicted octanol–water partition coefficient (Wildman–Crippen LogP) is 1.33. The minimum absolute atomic E-state index is 0.160. The standard InChI is InChI=1S/C7H16ClNO2S/c1-4-5-12(10,11)9-7(2,3)6-8/h9H,4-6H2,1-3H3. The van der Waals surface area contributed by atoms with Crippen LogP contribution in [0.25, 0.3) is 0 Å². The van der Waals surface area contributed by atoms with Gasteiger partial charge in [-0.3, -0.25) is 0 Å². The normalized spacial score (nSPS) is 13.3. The number of halogens is 1. The van der Waals surface area contributed by atoms with Crippen molar-refractivity contribution in [2.75, 3.05) is 11.6 Å². The van der Waals surface area contributed by atoms with E-state index < -0.39 is 15.6 Å². The van der Waals surface area contributed by atoms with Crippen molar-refractivity contribution in [1.29, 1.82) is 0 Å². The molecule has 0 aromatic rings. The zero-order valence-corrected chi connectivity index (χ0v) is 9.30. The van der Waals surface area contributed by atoms with Crippen molar-refractivity contribution >= 4 is 21.6 Å². The van der Waals surface area contributed by atoms with Gasteiger partial charge < -0.3 is 0 Å². The molecule has 0 aromatic carbocycles. The molecule has 0 aliphatic heterocycles. The van der Waals surface area contributed by atoms with Crippen molar-refractivity contribution in [2.45, 2.75) is 32.7 Å². The number of nitrogens with one attached hydrogen (secondary N) is 1. The van der Waals surface area contributed by atoms with E-state index >= 15 is 0 Å². The van der Waals surface area contributed by atoms with E-state index in [1.54, 1.807) is 13.8 Å². The first-order valence-corrected chi connectivity index (χ1v) is 6.09. The van der Waals surface area contributed by atoms with Crippen molar-refractivity contribution in [2.24, 2.45) is 0 Å². The number of hydrogen-bond acceptors (Lipinski definition) is 2. The largest absolute Gasteiger partial charge is 0.212 e. The average molecular weight is 214 g/mol. The van der Waals surface area contributed by atoms with Gasteiger partial charge in [-0.2, -0.15) is 0 Å². The lowest BCUT2D eigenvalue weighted by atomic mass is 10.1. The Morgan fingerprint density at radius 1 is 1.42 bits per heavy atom. The monoisotopic (exact) mass is 213 g/mol. The lowest BCUT2D eigenvalue weighted by molar-refractivity contribution is 0.495. The van der Waals surface area contributed by atoms with Gasteiger partial charge in [-0.15, -0.1) is 11.6 Å². The van der Waals surface area contributed by atoms with Crippen molar-refractivity contribution in [3.05, 3.63) is 0 Å². The fourth-order valence-corrected chi connectivity index (χ4v) is 2.47. The fourth-order valence-electron chi connectivity index (χ4n) is 0.768. The summed E-state index contributed by atoms with van der Waals surface area (Å²) in [5.41, 5.74) is -0.546. The molecule has 0 radical (unpaired) electrons. The van der Waals surface area contributed by atoms with E-state index in [1.165, 1.54) is 0 Å².